The van der Waals surface area contributed by atoms with Gasteiger partial charge in [0.25, 0.3) is 0 Å². The van der Waals surface area contributed by atoms with Crippen LogP contribution in [0.25, 0.3) is 0 Å². The number of aliphatic hydroxyl groups excluding tert-OH is 12. The molecule has 22 atom stereocenters. The van der Waals surface area contributed by atoms with E-state index in [2.05, 4.69) is 0 Å². The average molecular weight is 937 g/mol. The SMILES string of the molecule is C[C@@H]1O[C@@H](OCC2OC(OC3C(OC4C(OC5C(=O)c6c(O)cc(O)cc6OC5c5ccc(O)c(O)c5)OC(CO)C(O)C4O)OC(CO)C(O)C3O)C(O)C(O)C2O)[C@H](O)[C@H](O)[C@H]1O. The summed E-state index contributed by atoms with van der Waals surface area (Å²) in [5.41, 5.74) is -0.552. The second-order valence-electron chi connectivity index (χ2n) is 16.2. The van der Waals surface area contributed by atoms with Gasteiger partial charge in [0, 0.05) is 12.1 Å². The molecule has 5 heterocycles. The summed E-state index contributed by atoms with van der Waals surface area (Å²) in [4.78, 5) is 14.2. The van der Waals surface area contributed by atoms with Gasteiger partial charge in [0.05, 0.1) is 25.9 Å². The molecule has 0 saturated carbocycles. The lowest BCUT2D eigenvalue weighted by atomic mass is 9.92. The van der Waals surface area contributed by atoms with Gasteiger partial charge in [0.1, 0.15) is 114 Å². The Bertz CT molecular complexity index is 1960. The molecule has 4 saturated heterocycles. The largest absolute Gasteiger partial charge is 0.508 e. The zero-order valence-corrected chi connectivity index (χ0v) is 33.9. The van der Waals surface area contributed by atoms with Gasteiger partial charge in [-0.1, -0.05) is 6.07 Å². The van der Waals surface area contributed by atoms with E-state index in [1.807, 2.05) is 0 Å². The average Bonchev–Trinajstić information content (AvgIpc) is 3.27. The van der Waals surface area contributed by atoms with Crippen LogP contribution in [0.5, 0.6) is 28.7 Å². The second-order valence-corrected chi connectivity index (χ2v) is 16.2. The summed E-state index contributed by atoms with van der Waals surface area (Å²) in [6.45, 7) is -1.31. The molecule has 4 fully saturated rings. The fraction of sp³-hybridized carbons (Fsp3) is 0.667. The number of benzene rings is 2. The molecule has 16 N–H and O–H groups in total. The van der Waals surface area contributed by atoms with Crippen molar-refractivity contribution >= 4 is 5.78 Å². The quantitative estimate of drug-likeness (QED) is 0.0880. The number of fused-ring (bicyclic) bond motifs is 1. The number of ketones is 1. The Kier molecular flexibility index (Phi) is 15.1. The van der Waals surface area contributed by atoms with Gasteiger partial charge in [-0.25, -0.2) is 0 Å². The van der Waals surface area contributed by atoms with Crippen molar-refractivity contribution in [3.8, 4) is 28.7 Å². The topological polar surface area (TPSA) is 424 Å². The monoisotopic (exact) mass is 936 g/mol. The van der Waals surface area contributed by atoms with Crippen LogP contribution in [0.15, 0.2) is 30.3 Å². The molecule has 7 rings (SSSR count). The molecule has 0 aliphatic carbocycles. The summed E-state index contributed by atoms with van der Waals surface area (Å²) in [5.74, 6) is -3.92. The minimum absolute atomic E-state index is 0.0397. The van der Waals surface area contributed by atoms with Crippen molar-refractivity contribution in [2.45, 2.75) is 142 Å². The van der Waals surface area contributed by atoms with Gasteiger partial charge < -0.3 is 124 Å². The van der Waals surface area contributed by atoms with Crippen LogP contribution in [-0.2, 0) is 37.9 Å². The molecular formula is C39H52O26. The fourth-order valence-corrected chi connectivity index (χ4v) is 8.08. The molecule has 0 bridgehead atoms. The number of aromatic hydroxyl groups is 4. The minimum Gasteiger partial charge on any atom is -0.508 e. The van der Waals surface area contributed by atoms with Gasteiger partial charge in [-0.2, -0.15) is 0 Å². The van der Waals surface area contributed by atoms with Crippen LogP contribution in [0.3, 0.4) is 0 Å². The first kappa shape index (κ1) is 49.2. The van der Waals surface area contributed by atoms with Crippen molar-refractivity contribution in [2.75, 3.05) is 19.8 Å². The maximum atomic E-state index is 14.2. The number of Topliss-reactive ketones (excluding diaryl/α,β-unsaturated/α-hetero) is 1. The molecule has 0 radical (unpaired) electrons. The molecule has 364 valence electrons. The summed E-state index contributed by atoms with van der Waals surface area (Å²) in [7, 11) is 0. The normalized spacial score (nSPS) is 43.4. The molecule has 0 spiro atoms. The summed E-state index contributed by atoms with van der Waals surface area (Å²) in [6.07, 6.45) is -41.0. The van der Waals surface area contributed by atoms with Crippen molar-refractivity contribution in [2.24, 2.45) is 0 Å². The number of phenols is 4. The van der Waals surface area contributed by atoms with E-state index in [9.17, 15) is 86.5 Å². The van der Waals surface area contributed by atoms with Crippen LogP contribution < -0.4 is 4.74 Å². The summed E-state index contributed by atoms with van der Waals surface area (Å²) in [5, 5.41) is 169. The first-order valence-electron chi connectivity index (χ1n) is 20.3. The molecule has 2 aromatic rings. The number of phenolic OH excluding ortho intramolecular Hbond substituents is 4. The zero-order chi connectivity index (χ0) is 47.3. The van der Waals surface area contributed by atoms with Crippen LogP contribution in [0.2, 0.25) is 0 Å². The van der Waals surface area contributed by atoms with Crippen molar-refractivity contribution in [1.82, 2.24) is 0 Å². The van der Waals surface area contributed by atoms with Crippen LogP contribution in [0.4, 0.5) is 0 Å². The van der Waals surface area contributed by atoms with E-state index in [-0.39, 0.29) is 11.3 Å². The van der Waals surface area contributed by atoms with E-state index < -0.39 is 189 Å². The molecule has 26 nitrogen and oxygen atoms in total. The third kappa shape index (κ3) is 9.58. The predicted octanol–water partition coefficient (Wildman–Crippen LogP) is -6.49. The second kappa shape index (κ2) is 19.9. The molecule has 2 aromatic carbocycles. The molecule has 5 aliphatic heterocycles. The first-order chi connectivity index (χ1) is 30.7. The van der Waals surface area contributed by atoms with Gasteiger partial charge in [-0.15, -0.1) is 0 Å². The van der Waals surface area contributed by atoms with Crippen molar-refractivity contribution < 1.29 is 129 Å². The van der Waals surface area contributed by atoms with Crippen LogP contribution in [0, 0.1) is 0 Å². The Morgan fingerprint density at radius 2 is 1.08 bits per heavy atom. The number of aliphatic hydroxyl groups is 12. The molecule has 17 unspecified atom stereocenters. The van der Waals surface area contributed by atoms with E-state index in [0.29, 0.717) is 0 Å². The van der Waals surface area contributed by atoms with Crippen LogP contribution >= 0.6 is 0 Å². The highest BCUT2D eigenvalue weighted by Crippen LogP contribution is 2.45. The number of hydrogen-bond acceptors (Lipinski definition) is 26. The van der Waals surface area contributed by atoms with E-state index in [1.165, 1.54) is 13.0 Å². The zero-order valence-electron chi connectivity index (χ0n) is 33.9. The van der Waals surface area contributed by atoms with Gasteiger partial charge in [-0.05, 0) is 24.6 Å². The third-order valence-corrected chi connectivity index (χ3v) is 11.8. The molecular weight excluding hydrogens is 884 g/mol. The van der Waals surface area contributed by atoms with Crippen molar-refractivity contribution in [1.29, 1.82) is 0 Å². The van der Waals surface area contributed by atoms with Gasteiger partial charge in [0.15, 0.2) is 48.9 Å². The van der Waals surface area contributed by atoms with Crippen molar-refractivity contribution in [3.63, 3.8) is 0 Å². The Morgan fingerprint density at radius 3 is 1.68 bits per heavy atom. The molecule has 5 aliphatic rings. The lowest BCUT2D eigenvalue weighted by Crippen LogP contribution is -2.67. The fourth-order valence-electron chi connectivity index (χ4n) is 8.08. The Morgan fingerprint density at radius 1 is 0.538 bits per heavy atom. The van der Waals surface area contributed by atoms with E-state index in [0.717, 1.165) is 24.3 Å². The third-order valence-electron chi connectivity index (χ3n) is 11.8. The summed E-state index contributed by atoms with van der Waals surface area (Å²) >= 11 is 0. The van der Waals surface area contributed by atoms with Crippen molar-refractivity contribution in [3.05, 3.63) is 41.5 Å². The number of carbonyl (C=O) groups is 1. The Balaban J connectivity index is 1.17. The lowest BCUT2D eigenvalue weighted by Gasteiger charge is -2.49. The van der Waals surface area contributed by atoms with E-state index in [4.69, 9.17) is 42.6 Å². The summed E-state index contributed by atoms with van der Waals surface area (Å²) in [6, 6.07) is 5.08. The highest BCUT2D eigenvalue weighted by molar-refractivity contribution is 6.05. The van der Waals surface area contributed by atoms with Crippen LogP contribution in [0.1, 0.15) is 28.9 Å². The van der Waals surface area contributed by atoms with E-state index in [1.54, 1.807) is 0 Å². The van der Waals surface area contributed by atoms with Gasteiger partial charge in [0.2, 0.25) is 5.78 Å². The van der Waals surface area contributed by atoms with E-state index >= 15 is 0 Å². The molecule has 65 heavy (non-hydrogen) atoms. The smallest absolute Gasteiger partial charge is 0.203 e. The maximum Gasteiger partial charge on any atom is 0.203 e. The Hall–Kier alpha value is -3.69. The van der Waals surface area contributed by atoms with Crippen LogP contribution in [-0.4, -0.2) is 236 Å². The first-order valence-corrected chi connectivity index (χ1v) is 20.3. The predicted molar refractivity (Wildman–Crippen MR) is 202 cm³/mol. The maximum absolute atomic E-state index is 14.2. The standard InChI is InChI=1S/C39H52O26/c1-10-21(46)26(51)30(55)36(58-10)57-9-19-24(49)27(52)31(56)37(62-19)64-34-28(53)22(47)18(8-41)61-39(34)65-35-29(54)23(48)17(7-40)60-38(35)63-33-25(50)20-15(45)5-12(42)6-16(20)59-32(33)11-2-3-13(43)14(44)4-11/h2-6,10,17-19,21-24,26-49,51-56H,7-9H2,1H3/t10-,17?,18?,19?,21-,22?,23?,24?,26+,27?,28?,29?,30+,31?,32?,33?,34?,35?,36+,37?,38?,39?/m0/s1. The number of rotatable bonds is 12. The number of carbonyl (C=O) groups excluding carboxylic acids is 1. The molecule has 26 heteroatoms. The highest BCUT2D eigenvalue weighted by atomic mass is 16.8. The van der Waals surface area contributed by atoms with Gasteiger partial charge >= 0.3 is 0 Å². The number of ether oxygens (including phenoxy) is 9. The molecule has 0 aromatic heterocycles. The highest BCUT2D eigenvalue weighted by Gasteiger charge is 2.56. The Labute approximate surface area is 366 Å². The minimum atomic E-state index is -2.16. The summed E-state index contributed by atoms with van der Waals surface area (Å²) < 4.78 is 51.9. The lowest BCUT2D eigenvalue weighted by molar-refractivity contribution is -0.397. The molecule has 0 amide bonds. The number of hydrogen-bond donors (Lipinski definition) is 16. The van der Waals surface area contributed by atoms with Gasteiger partial charge in [-0.3, -0.25) is 4.79 Å².